The fraction of sp³-hybridized carbons (Fsp3) is 0.250. The number of rotatable bonds is 6. The monoisotopic (exact) mass is 388 g/mol. The molecule has 0 saturated heterocycles. The highest BCUT2D eigenvalue weighted by Gasteiger charge is 2.56. The predicted molar refractivity (Wildman–Crippen MR) is 97.7 cm³/mol. The zero-order valence-corrected chi connectivity index (χ0v) is 15.1. The van der Waals surface area contributed by atoms with Crippen LogP contribution in [0.15, 0.2) is 42.5 Å². The van der Waals surface area contributed by atoms with E-state index in [1.54, 1.807) is 6.92 Å². The van der Waals surface area contributed by atoms with E-state index in [2.05, 4.69) is 10.6 Å². The molecule has 2 N–H and O–H groups in total. The van der Waals surface area contributed by atoms with Gasteiger partial charge in [0.25, 0.3) is 0 Å². The number of benzene rings is 2. The van der Waals surface area contributed by atoms with Crippen LogP contribution >= 0.6 is 0 Å². The van der Waals surface area contributed by atoms with Gasteiger partial charge in [-0.15, -0.1) is 0 Å². The average Bonchev–Trinajstić information content (AvgIpc) is 3.47. The van der Waals surface area contributed by atoms with Crippen LogP contribution in [0.1, 0.15) is 30.1 Å². The summed E-state index contributed by atoms with van der Waals surface area (Å²) in [5, 5.41) is 4.97. The van der Waals surface area contributed by atoms with Crippen LogP contribution < -0.4 is 10.6 Å². The first-order valence-corrected chi connectivity index (χ1v) is 8.71. The van der Waals surface area contributed by atoms with Crippen molar-refractivity contribution in [2.75, 3.05) is 17.2 Å². The van der Waals surface area contributed by atoms with Crippen LogP contribution in [-0.4, -0.2) is 24.4 Å². The van der Waals surface area contributed by atoms with Gasteiger partial charge in [-0.05, 0) is 56.2 Å². The van der Waals surface area contributed by atoms with Crippen LogP contribution in [0.4, 0.5) is 20.2 Å². The van der Waals surface area contributed by atoms with Gasteiger partial charge < -0.3 is 15.4 Å². The largest absolute Gasteiger partial charge is 0.462 e. The lowest BCUT2D eigenvalue weighted by Crippen LogP contribution is -2.35. The second-order valence-corrected chi connectivity index (χ2v) is 6.41. The van der Waals surface area contributed by atoms with Crippen LogP contribution in [0.5, 0.6) is 0 Å². The molecule has 1 aliphatic carbocycles. The van der Waals surface area contributed by atoms with Crippen LogP contribution in [0, 0.1) is 17.0 Å². The van der Waals surface area contributed by atoms with Gasteiger partial charge in [0.15, 0.2) is 0 Å². The SMILES string of the molecule is CCOC(=O)c1ccc(NC(=O)C2(C(=O)Nc3ccc(F)cc3F)CC2)cc1. The quantitative estimate of drug-likeness (QED) is 0.586. The Morgan fingerprint density at radius 2 is 1.64 bits per heavy atom. The van der Waals surface area contributed by atoms with Crippen LogP contribution in [0.3, 0.4) is 0 Å². The number of ether oxygens (including phenoxy) is 1. The van der Waals surface area contributed by atoms with Crippen molar-refractivity contribution in [1.82, 2.24) is 0 Å². The molecule has 8 heteroatoms. The first-order valence-electron chi connectivity index (χ1n) is 8.71. The lowest BCUT2D eigenvalue weighted by molar-refractivity contribution is -0.131. The third-order valence-corrected chi connectivity index (χ3v) is 4.45. The number of carbonyl (C=O) groups is 3. The molecule has 2 amide bonds. The number of hydrogen-bond acceptors (Lipinski definition) is 4. The molecule has 146 valence electrons. The molecule has 1 fully saturated rings. The summed E-state index contributed by atoms with van der Waals surface area (Å²) in [5.41, 5.74) is -0.749. The van der Waals surface area contributed by atoms with Crippen molar-refractivity contribution in [3.8, 4) is 0 Å². The molecule has 6 nitrogen and oxygen atoms in total. The standard InChI is InChI=1S/C20H18F2N2O4/c1-2-28-17(25)12-3-6-14(7-4-12)23-18(26)20(9-10-20)19(27)24-16-8-5-13(21)11-15(16)22/h3-8,11H,2,9-10H2,1H3,(H,23,26)(H,24,27). The molecule has 0 radical (unpaired) electrons. The molecule has 0 heterocycles. The fourth-order valence-corrected chi connectivity index (χ4v) is 2.67. The lowest BCUT2D eigenvalue weighted by Gasteiger charge is -2.16. The van der Waals surface area contributed by atoms with Gasteiger partial charge in [0.2, 0.25) is 11.8 Å². The van der Waals surface area contributed by atoms with Gasteiger partial charge in [-0.3, -0.25) is 9.59 Å². The van der Waals surface area contributed by atoms with Gasteiger partial charge in [-0.25, -0.2) is 13.6 Å². The number of anilines is 2. The Morgan fingerprint density at radius 1 is 1.00 bits per heavy atom. The van der Waals surface area contributed by atoms with Gasteiger partial charge in [0.05, 0.1) is 17.9 Å². The highest BCUT2D eigenvalue weighted by atomic mass is 19.1. The molecule has 0 spiro atoms. The van der Waals surface area contributed by atoms with E-state index in [1.165, 1.54) is 24.3 Å². The summed E-state index contributed by atoms with van der Waals surface area (Å²) in [7, 11) is 0. The Kier molecular flexibility index (Phi) is 5.39. The van der Waals surface area contributed by atoms with E-state index in [0.717, 1.165) is 12.1 Å². The average molecular weight is 388 g/mol. The summed E-state index contributed by atoms with van der Waals surface area (Å²) < 4.78 is 31.6. The summed E-state index contributed by atoms with van der Waals surface area (Å²) in [5.74, 6) is -3.34. The van der Waals surface area contributed by atoms with Crippen LogP contribution in [0.25, 0.3) is 0 Å². The van der Waals surface area contributed by atoms with Gasteiger partial charge in [-0.1, -0.05) is 0 Å². The summed E-state index contributed by atoms with van der Waals surface area (Å²) in [6.07, 6.45) is 0.628. The van der Waals surface area contributed by atoms with E-state index < -0.39 is 34.8 Å². The maximum Gasteiger partial charge on any atom is 0.338 e. The molecule has 1 saturated carbocycles. The Balaban J connectivity index is 1.66. The molecule has 2 aromatic carbocycles. The minimum absolute atomic E-state index is 0.190. The van der Waals surface area contributed by atoms with Gasteiger partial charge in [-0.2, -0.15) is 0 Å². The highest BCUT2D eigenvalue weighted by Crippen LogP contribution is 2.47. The number of amides is 2. The van der Waals surface area contributed by atoms with E-state index in [4.69, 9.17) is 4.74 Å². The van der Waals surface area contributed by atoms with E-state index in [-0.39, 0.29) is 12.3 Å². The van der Waals surface area contributed by atoms with E-state index >= 15 is 0 Å². The molecule has 1 aliphatic rings. The second kappa shape index (κ2) is 7.75. The number of esters is 1. The minimum atomic E-state index is -1.30. The number of carbonyl (C=O) groups excluding carboxylic acids is 3. The van der Waals surface area contributed by atoms with Gasteiger partial charge >= 0.3 is 5.97 Å². The summed E-state index contributed by atoms with van der Waals surface area (Å²) in [4.78, 5) is 36.7. The Labute approximate surface area is 159 Å². The van der Waals surface area contributed by atoms with Gasteiger partial charge in [0.1, 0.15) is 17.0 Å². The summed E-state index contributed by atoms with van der Waals surface area (Å²) in [6.45, 7) is 1.95. The van der Waals surface area contributed by atoms with Crippen molar-refractivity contribution < 1.29 is 27.9 Å². The topological polar surface area (TPSA) is 84.5 Å². The minimum Gasteiger partial charge on any atom is -0.462 e. The van der Waals surface area contributed by atoms with Crippen LogP contribution in [-0.2, 0) is 14.3 Å². The molecule has 0 aliphatic heterocycles. The first-order chi connectivity index (χ1) is 13.4. The molecular formula is C20H18F2N2O4. The molecule has 0 atom stereocenters. The first kappa shape index (κ1) is 19.5. The van der Waals surface area contributed by atoms with Gasteiger partial charge in [0, 0.05) is 11.8 Å². The van der Waals surface area contributed by atoms with Crippen molar-refractivity contribution in [1.29, 1.82) is 0 Å². The van der Waals surface area contributed by atoms with Crippen LogP contribution in [0.2, 0.25) is 0 Å². The third-order valence-electron chi connectivity index (χ3n) is 4.45. The van der Waals surface area contributed by atoms with E-state index in [1.807, 2.05) is 0 Å². The van der Waals surface area contributed by atoms with Crippen molar-refractivity contribution >= 4 is 29.2 Å². The maximum absolute atomic E-state index is 13.7. The highest BCUT2D eigenvalue weighted by molar-refractivity contribution is 6.17. The molecule has 3 rings (SSSR count). The molecule has 2 aromatic rings. The molecule has 0 bridgehead atoms. The predicted octanol–water partition coefficient (Wildman–Crippen LogP) is 3.50. The molecular weight excluding hydrogens is 370 g/mol. The Morgan fingerprint density at radius 3 is 2.21 bits per heavy atom. The number of nitrogens with one attached hydrogen (secondary N) is 2. The zero-order chi connectivity index (χ0) is 20.3. The normalized spacial score (nSPS) is 14.1. The third kappa shape index (κ3) is 4.00. The molecule has 0 aromatic heterocycles. The Bertz CT molecular complexity index is 924. The molecule has 28 heavy (non-hydrogen) atoms. The number of hydrogen-bond donors (Lipinski definition) is 2. The van der Waals surface area contributed by atoms with Crippen molar-refractivity contribution in [2.24, 2.45) is 5.41 Å². The zero-order valence-electron chi connectivity index (χ0n) is 15.1. The van der Waals surface area contributed by atoms with Crippen molar-refractivity contribution in [3.05, 3.63) is 59.7 Å². The molecule has 0 unspecified atom stereocenters. The number of halogens is 2. The Hall–Kier alpha value is -3.29. The van der Waals surface area contributed by atoms with E-state index in [0.29, 0.717) is 30.2 Å². The second-order valence-electron chi connectivity index (χ2n) is 6.41. The lowest BCUT2D eigenvalue weighted by atomic mass is 10.0. The maximum atomic E-state index is 13.7. The van der Waals surface area contributed by atoms with E-state index in [9.17, 15) is 23.2 Å². The van der Waals surface area contributed by atoms with Crippen molar-refractivity contribution in [3.63, 3.8) is 0 Å². The fourth-order valence-electron chi connectivity index (χ4n) is 2.67. The summed E-state index contributed by atoms with van der Waals surface area (Å²) in [6, 6.07) is 8.83. The van der Waals surface area contributed by atoms with Crippen molar-refractivity contribution in [2.45, 2.75) is 19.8 Å². The summed E-state index contributed by atoms with van der Waals surface area (Å²) >= 11 is 0. The smallest absolute Gasteiger partial charge is 0.338 e.